The Bertz CT molecular complexity index is 400. The number of hydrogen-bond donors (Lipinski definition) is 1. The molecule has 0 aliphatic carbocycles. The molecule has 0 aromatic heterocycles. The van der Waals surface area contributed by atoms with Crippen LogP contribution in [-0.4, -0.2) is 77.0 Å². The number of amides is 3. The van der Waals surface area contributed by atoms with Crippen LogP contribution in [0.5, 0.6) is 0 Å². The van der Waals surface area contributed by atoms with Crippen LogP contribution in [0.3, 0.4) is 0 Å². The summed E-state index contributed by atoms with van der Waals surface area (Å²) in [6.07, 6.45) is 0.882. The number of carbonyl (C=O) groups is 3. The van der Waals surface area contributed by atoms with E-state index in [-0.39, 0.29) is 24.3 Å². The van der Waals surface area contributed by atoms with E-state index in [9.17, 15) is 14.4 Å². The molecule has 0 aromatic carbocycles. The van der Waals surface area contributed by atoms with Gasteiger partial charge in [-0.3, -0.25) is 9.59 Å². The summed E-state index contributed by atoms with van der Waals surface area (Å²) in [5, 5.41) is 8.78. The van der Waals surface area contributed by atoms with Gasteiger partial charge in [-0.2, -0.15) is 0 Å². The minimum atomic E-state index is -0.806. The fraction of sp³-hybridized carbons (Fsp3) is 0.769. The maximum Gasteiger partial charge on any atom is 0.320 e. The lowest BCUT2D eigenvalue weighted by atomic mass is 10.1. The second kappa shape index (κ2) is 6.11. The van der Waals surface area contributed by atoms with Gasteiger partial charge in [0.1, 0.15) is 0 Å². The second-order valence-corrected chi connectivity index (χ2v) is 5.47. The predicted molar refractivity (Wildman–Crippen MR) is 71.2 cm³/mol. The molecule has 0 bridgehead atoms. The Kier molecular flexibility index (Phi) is 4.46. The van der Waals surface area contributed by atoms with Crippen molar-refractivity contribution in [3.05, 3.63) is 0 Å². The number of carboxylic acid groups (broad SMARTS) is 1. The number of urea groups is 1. The molecule has 20 heavy (non-hydrogen) atoms. The molecule has 0 aromatic rings. The third kappa shape index (κ3) is 3.40. The Morgan fingerprint density at radius 3 is 2.15 bits per heavy atom. The Hall–Kier alpha value is -1.79. The highest BCUT2D eigenvalue weighted by molar-refractivity contribution is 5.76. The van der Waals surface area contributed by atoms with Crippen LogP contribution in [0.4, 0.5) is 4.79 Å². The molecule has 2 aliphatic heterocycles. The summed E-state index contributed by atoms with van der Waals surface area (Å²) in [6, 6.07) is -0.0268. The first-order valence-electron chi connectivity index (χ1n) is 6.98. The first-order valence-corrected chi connectivity index (χ1v) is 6.98. The lowest BCUT2D eigenvalue weighted by Crippen LogP contribution is -2.53. The minimum absolute atomic E-state index is 0.0268. The van der Waals surface area contributed by atoms with Crippen molar-refractivity contribution in [1.82, 2.24) is 14.7 Å². The van der Waals surface area contributed by atoms with Gasteiger partial charge in [0, 0.05) is 52.6 Å². The molecule has 2 rings (SSSR count). The average molecular weight is 283 g/mol. The normalized spacial score (nSPS) is 23.1. The zero-order chi connectivity index (χ0) is 14.7. The highest BCUT2D eigenvalue weighted by Gasteiger charge is 2.32. The highest BCUT2D eigenvalue weighted by Crippen LogP contribution is 2.21. The van der Waals surface area contributed by atoms with Crippen LogP contribution < -0.4 is 0 Å². The molecular weight excluding hydrogens is 262 g/mol. The second-order valence-electron chi connectivity index (χ2n) is 5.47. The molecule has 2 heterocycles. The van der Waals surface area contributed by atoms with Crippen LogP contribution >= 0.6 is 0 Å². The zero-order valence-corrected chi connectivity index (χ0v) is 11.7. The number of carbonyl (C=O) groups excluding carboxylic acids is 2. The summed E-state index contributed by atoms with van der Waals surface area (Å²) in [6.45, 7) is 4.95. The van der Waals surface area contributed by atoms with Crippen molar-refractivity contribution in [2.24, 2.45) is 5.92 Å². The van der Waals surface area contributed by atoms with Gasteiger partial charge in [0.15, 0.2) is 0 Å². The van der Waals surface area contributed by atoms with E-state index < -0.39 is 5.97 Å². The first-order chi connectivity index (χ1) is 9.47. The summed E-state index contributed by atoms with van der Waals surface area (Å²) < 4.78 is 0. The smallest absolute Gasteiger partial charge is 0.320 e. The summed E-state index contributed by atoms with van der Waals surface area (Å²) in [5.41, 5.74) is 0. The number of hydrogen-bond acceptors (Lipinski definition) is 3. The SMILES string of the molecule is CC(=O)N1CCN(C(=O)N2CCC(CC(=O)O)C2)CC1. The van der Waals surface area contributed by atoms with E-state index >= 15 is 0 Å². The highest BCUT2D eigenvalue weighted by atomic mass is 16.4. The van der Waals surface area contributed by atoms with Crippen molar-refractivity contribution in [3.63, 3.8) is 0 Å². The standard InChI is InChI=1S/C13H21N3O4/c1-10(17)14-4-6-15(7-5-14)13(20)16-3-2-11(9-16)8-12(18)19/h11H,2-9H2,1H3,(H,18,19). The molecule has 2 fully saturated rings. The summed E-state index contributed by atoms with van der Waals surface area (Å²) in [5.74, 6) is -0.700. The van der Waals surface area contributed by atoms with Crippen LogP contribution in [0.15, 0.2) is 0 Å². The monoisotopic (exact) mass is 283 g/mol. The molecule has 0 spiro atoms. The van der Waals surface area contributed by atoms with Gasteiger partial charge in [0.05, 0.1) is 0 Å². The molecule has 0 radical (unpaired) electrons. The van der Waals surface area contributed by atoms with Crippen molar-refractivity contribution >= 4 is 17.9 Å². The van der Waals surface area contributed by atoms with Crippen LogP contribution in [-0.2, 0) is 9.59 Å². The van der Waals surface area contributed by atoms with Gasteiger partial charge in [-0.05, 0) is 12.3 Å². The Morgan fingerprint density at radius 1 is 1.00 bits per heavy atom. The van der Waals surface area contributed by atoms with Crippen molar-refractivity contribution in [3.8, 4) is 0 Å². The largest absolute Gasteiger partial charge is 0.481 e. The van der Waals surface area contributed by atoms with E-state index in [2.05, 4.69) is 0 Å². The lowest BCUT2D eigenvalue weighted by molar-refractivity contribution is -0.138. The quantitative estimate of drug-likeness (QED) is 0.777. The van der Waals surface area contributed by atoms with E-state index in [4.69, 9.17) is 5.11 Å². The van der Waals surface area contributed by atoms with Crippen molar-refractivity contribution in [2.75, 3.05) is 39.3 Å². The Morgan fingerprint density at radius 2 is 1.60 bits per heavy atom. The van der Waals surface area contributed by atoms with E-state index in [0.29, 0.717) is 39.3 Å². The molecule has 7 heteroatoms. The molecule has 7 nitrogen and oxygen atoms in total. The maximum atomic E-state index is 12.3. The first kappa shape index (κ1) is 14.6. The number of piperazine rings is 1. The predicted octanol–water partition coefficient (Wildman–Crippen LogP) is 0.0671. The molecule has 1 N–H and O–H groups in total. The summed E-state index contributed by atoms with van der Waals surface area (Å²) in [7, 11) is 0. The Balaban J connectivity index is 1.81. The van der Waals surface area contributed by atoms with Crippen LogP contribution in [0.25, 0.3) is 0 Å². The minimum Gasteiger partial charge on any atom is -0.481 e. The Labute approximate surface area is 118 Å². The van der Waals surface area contributed by atoms with Crippen molar-refractivity contribution in [1.29, 1.82) is 0 Å². The molecule has 112 valence electrons. The van der Waals surface area contributed by atoms with Gasteiger partial charge in [0.2, 0.25) is 5.91 Å². The molecule has 1 unspecified atom stereocenters. The van der Waals surface area contributed by atoms with Gasteiger partial charge in [-0.15, -0.1) is 0 Å². The summed E-state index contributed by atoms with van der Waals surface area (Å²) >= 11 is 0. The van der Waals surface area contributed by atoms with E-state index in [1.807, 2.05) is 0 Å². The molecule has 3 amide bonds. The molecule has 1 atom stereocenters. The van der Waals surface area contributed by atoms with Crippen LogP contribution in [0.2, 0.25) is 0 Å². The van der Waals surface area contributed by atoms with Gasteiger partial charge in [-0.1, -0.05) is 0 Å². The number of carboxylic acids is 1. The number of likely N-dealkylation sites (tertiary alicyclic amines) is 1. The third-order valence-electron chi connectivity index (χ3n) is 4.02. The molecule has 2 saturated heterocycles. The van der Waals surface area contributed by atoms with Gasteiger partial charge in [-0.25, -0.2) is 4.79 Å². The maximum absolute atomic E-state index is 12.3. The number of rotatable bonds is 2. The van der Waals surface area contributed by atoms with Gasteiger partial charge >= 0.3 is 12.0 Å². The van der Waals surface area contributed by atoms with Crippen LogP contribution in [0.1, 0.15) is 19.8 Å². The summed E-state index contributed by atoms with van der Waals surface area (Å²) in [4.78, 5) is 39.4. The number of nitrogens with zero attached hydrogens (tertiary/aromatic N) is 3. The van der Waals surface area contributed by atoms with Crippen molar-refractivity contribution in [2.45, 2.75) is 19.8 Å². The van der Waals surface area contributed by atoms with E-state index in [1.54, 1.807) is 14.7 Å². The van der Waals surface area contributed by atoms with Crippen molar-refractivity contribution < 1.29 is 19.5 Å². The fourth-order valence-electron chi connectivity index (χ4n) is 2.83. The van der Waals surface area contributed by atoms with E-state index in [1.165, 1.54) is 6.92 Å². The topological polar surface area (TPSA) is 81.2 Å². The molecular formula is C13H21N3O4. The fourth-order valence-corrected chi connectivity index (χ4v) is 2.83. The lowest BCUT2D eigenvalue weighted by Gasteiger charge is -2.36. The van der Waals surface area contributed by atoms with Gasteiger partial charge in [0.25, 0.3) is 0 Å². The molecule has 0 saturated carbocycles. The number of aliphatic carboxylic acids is 1. The molecule has 2 aliphatic rings. The van der Waals surface area contributed by atoms with Gasteiger partial charge < -0.3 is 19.8 Å². The van der Waals surface area contributed by atoms with E-state index in [0.717, 1.165) is 6.42 Å². The zero-order valence-electron chi connectivity index (χ0n) is 11.7. The third-order valence-corrected chi connectivity index (χ3v) is 4.02. The average Bonchev–Trinajstić information content (AvgIpc) is 2.85. The van der Waals surface area contributed by atoms with Crippen LogP contribution in [0, 0.1) is 5.92 Å².